The molecule has 0 aliphatic heterocycles. The van der Waals surface area contributed by atoms with Crippen LogP contribution >= 0.6 is 0 Å². The van der Waals surface area contributed by atoms with Crippen LogP contribution in [0.5, 0.6) is 11.5 Å². The first-order chi connectivity index (χ1) is 9.03. The average molecular weight is 257 g/mol. The summed E-state index contributed by atoms with van der Waals surface area (Å²) < 4.78 is 5.36. The van der Waals surface area contributed by atoms with Gasteiger partial charge in [-0.05, 0) is 37.1 Å². The van der Waals surface area contributed by atoms with E-state index in [9.17, 15) is 5.11 Å². The molecular weight excluding hydrogens is 238 g/mol. The highest BCUT2D eigenvalue weighted by Crippen LogP contribution is 2.31. The smallest absolute Gasteiger partial charge is 0.123 e. The van der Waals surface area contributed by atoms with Crippen molar-refractivity contribution >= 4 is 0 Å². The van der Waals surface area contributed by atoms with E-state index in [1.807, 2.05) is 43.3 Å². The number of para-hydroxylation sites is 1. The first kappa shape index (κ1) is 13.4. The van der Waals surface area contributed by atoms with Gasteiger partial charge in [0.25, 0.3) is 0 Å². The average Bonchev–Trinajstić information content (AvgIpc) is 2.38. The standard InChI is InChI=1S/C16H19NO2/c1-16(17,11-12-6-5-7-13(18)10-12)14-8-3-4-9-15(14)19-2/h3-10,18H,11,17H2,1-2H3. The molecule has 2 rings (SSSR count). The molecule has 3 heteroatoms. The van der Waals surface area contributed by atoms with Crippen molar-refractivity contribution in [1.29, 1.82) is 0 Å². The second kappa shape index (κ2) is 5.33. The van der Waals surface area contributed by atoms with Gasteiger partial charge in [-0.25, -0.2) is 0 Å². The molecule has 0 bridgehead atoms. The van der Waals surface area contributed by atoms with Crippen LogP contribution in [-0.2, 0) is 12.0 Å². The van der Waals surface area contributed by atoms with Gasteiger partial charge in [-0.2, -0.15) is 0 Å². The van der Waals surface area contributed by atoms with Crippen LogP contribution in [0.1, 0.15) is 18.1 Å². The number of benzene rings is 2. The van der Waals surface area contributed by atoms with E-state index < -0.39 is 5.54 Å². The molecule has 0 heterocycles. The van der Waals surface area contributed by atoms with Crippen LogP contribution in [0.3, 0.4) is 0 Å². The molecule has 0 saturated carbocycles. The summed E-state index contributed by atoms with van der Waals surface area (Å²) in [4.78, 5) is 0. The minimum Gasteiger partial charge on any atom is -0.508 e. The minimum atomic E-state index is -0.555. The lowest BCUT2D eigenvalue weighted by molar-refractivity contribution is 0.386. The summed E-state index contributed by atoms with van der Waals surface area (Å²) in [5.41, 5.74) is 7.84. The van der Waals surface area contributed by atoms with E-state index in [0.717, 1.165) is 16.9 Å². The highest BCUT2D eigenvalue weighted by Gasteiger charge is 2.25. The van der Waals surface area contributed by atoms with Gasteiger partial charge >= 0.3 is 0 Å². The molecule has 0 fully saturated rings. The molecule has 0 aromatic heterocycles. The van der Waals surface area contributed by atoms with Crippen molar-refractivity contribution < 1.29 is 9.84 Å². The number of phenols is 1. The van der Waals surface area contributed by atoms with Crippen LogP contribution in [-0.4, -0.2) is 12.2 Å². The van der Waals surface area contributed by atoms with E-state index in [-0.39, 0.29) is 5.75 Å². The van der Waals surface area contributed by atoms with Crippen molar-refractivity contribution in [3.8, 4) is 11.5 Å². The number of hydrogen-bond donors (Lipinski definition) is 2. The maximum atomic E-state index is 9.52. The maximum Gasteiger partial charge on any atom is 0.123 e. The Bertz CT molecular complexity index is 564. The Balaban J connectivity index is 2.32. The van der Waals surface area contributed by atoms with Gasteiger partial charge in [0.2, 0.25) is 0 Å². The molecule has 0 radical (unpaired) electrons. The van der Waals surface area contributed by atoms with Gasteiger partial charge in [0.15, 0.2) is 0 Å². The fourth-order valence-corrected chi connectivity index (χ4v) is 2.30. The van der Waals surface area contributed by atoms with E-state index in [0.29, 0.717) is 6.42 Å². The van der Waals surface area contributed by atoms with Crippen LogP contribution in [0.15, 0.2) is 48.5 Å². The van der Waals surface area contributed by atoms with E-state index in [2.05, 4.69) is 0 Å². The highest BCUT2D eigenvalue weighted by molar-refractivity contribution is 5.40. The number of aromatic hydroxyl groups is 1. The molecule has 0 aliphatic rings. The van der Waals surface area contributed by atoms with Crippen LogP contribution in [0.25, 0.3) is 0 Å². The molecule has 0 amide bonds. The predicted octanol–water partition coefficient (Wildman–Crippen LogP) is 2.82. The quantitative estimate of drug-likeness (QED) is 0.885. The molecule has 19 heavy (non-hydrogen) atoms. The fourth-order valence-electron chi connectivity index (χ4n) is 2.30. The van der Waals surface area contributed by atoms with Crippen LogP contribution in [0.4, 0.5) is 0 Å². The fraction of sp³-hybridized carbons (Fsp3) is 0.250. The van der Waals surface area contributed by atoms with Crippen LogP contribution in [0.2, 0.25) is 0 Å². The van der Waals surface area contributed by atoms with Crippen molar-refractivity contribution in [3.05, 3.63) is 59.7 Å². The third-order valence-electron chi connectivity index (χ3n) is 3.20. The molecule has 100 valence electrons. The molecule has 3 nitrogen and oxygen atoms in total. The van der Waals surface area contributed by atoms with Crippen molar-refractivity contribution in [3.63, 3.8) is 0 Å². The van der Waals surface area contributed by atoms with Crippen molar-refractivity contribution in [2.45, 2.75) is 18.9 Å². The number of rotatable bonds is 4. The minimum absolute atomic E-state index is 0.258. The lowest BCUT2D eigenvalue weighted by Crippen LogP contribution is -2.35. The molecular formula is C16H19NO2. The van der Waals surface area contributed by atoms with Gasteiger partial charge in [0, 0.05) is 11.1 Å². The molecule has 1 unspecified atom stereocenters. The zero-order valence-corrected chi connectivity index (χ0v) is 11.3. The van der Waals surface area contributed by atoms with Crippen LogP contribution in [0, 0.1) is 0 Å². The van der Waals surface area contributed by atoms with Gasteiger partial charge in [-0.3, -0.25) is 0 Å². The lowest BCUT2D eigenvalue weighted by atomic mass is 9.86. The molecule has 1 atom stereocenters. The molecule has 0 spiro atoms. The summed E-state index contributed by atoms with van der Waals surface area (Å²) in [7, 11) is 1.64. The van der Waals surface area contributed by atoms with Gasteiger partial charge in [0.1, 0.15) is 11.5 Å². The second-order valence-corrected chi connectivity index (χ2v) is 4.96. The van der Waals surface area contributed by atoms with Crippen LogP contribution < -0.4 is 10.5 Å². The van der Waals surface area contributed by atoms with Crippen molar-refractivity contribution in [1.82, 2.24) is 0 Å². The summed E-state index contributed by atoms with van der Waals surface area (Å²) >= 11 is 0. The van der Waals surface area contributed by atoms with Gasteiger partial charge < -0.3 is 15.6 Å². The molecule has 3 N–H and O–H groups in total. The third kappa shape index (κ3) is 3.06. The van der Waals surface area contributed by atoms with Gasteiger partial charge in [-0.15, -0.1) is 0 Å². The first-order valence-electron chi connectivity index (χ1n) is 6.23. The Labute approximate surface area is 113 Å². The first-order valence-corrected chi connectivity index (χ1v) is 6.23. The number of hydrogen-bond acceptors (Lipinski definition) is 3. The lowest BCUT2D eigenvalue weighted by Gasteiger charge is -2.27. The SMILES string of the molecule is COc1ccccc1C(C)(N)Cc1cccc(O)c1. The molecule has 0 aliphatic carbocycles. The molecule has 2 aromatic rings. The maximum absolute atomic E-state index is 9.52. The number of nitrogens with two attached hydrogens (primary N) is 1. The Morgan fingerprint density at radius 3 is 2.58 bits per heavy atom. The Kier molecular flexibility index (Phi) is 3.76. The number of methoxy groups -OCH3 is 1. The third-order valence-corrected chi connectivity index (χ3v) is 3.20. The summed E-state index contributed by atoms with van der Waals surface area (Å²) in [6.45, 7) is 1.97. The monoisotopic (exact) mass is 257 g/mol. The predicted molar refractivity (Wildman–Crippen MR) is 76.3 cm³/mol. The van der Waals surface area contributed by atoms with E-state index in [1.165, 1.54) is 0 Å². The van der Waals surface area contributed by atoms with Crippen molar-refractivity contribution in [2.75, 3.05) is 7.11 Å². The summed E-state index contributed by atoms with van der Waals surface area (Å²) in [5, 5.41) is 9.52. The summed E-state index contributed by atoms with van der Waals surface area (Å²) in [6.07, 6.45) is 0.627. The number of ether oxygens (including phenoxy) is 1. The number of phenolic OH excluding ortho intramolecular Hbond substituents is 1. The van der Waals surface area contributed by atoms with Crippen molar-refractivity contribution in [2.24, 2.45) is 5.73 Å². The zero-order chi connectivity index (χ0) is 13.9. The van der Waals surface area contributed by atoms with E-state index in [1.54, 1.807) is 19.2 Å². The van der Waals surface area contributed by atoms with Gasteiger partial charge in [-0.1, -0.05) is 30.3 Å². The molecule has 2 aromatic carbocycles. The Hall–Kier alpha value is -2.00. The summed E-state index contributed by atoms with van der Waals surface area (Å²) in [6, 6.07) is 14.9. The molecule has 0 saturated heterocycles. The Morgan fingerprint density at radius 2 is 1.89 bits per heavy atom. The van der Waals surface area contributed by atoms with Gasteiger partial charge in [0.05, 0.1) is 7.11 Å². The highest BCUT2D eigenvalue weighted by atomic mass is 16.5. The zero-order valence-electron chi connectivity index (χ0n) is 11.3. The topological polar surface area (TPSA) is 55.5 Å². The van der Waals surface area contributed by atoms with E-state index in [4.69, 9.17) is 10.5 Å². The van der Waals surface area contributed by atoms with E-state index >= 15 is 0 Å². The largest absolute Gasteiger partial charge is 0.508 e. The normalized spacial score (nSPS) is 13.8. The second-order valence-electron chi connectivity index (χ2n) is 4.96. The summed E-state index contributed by atoms with van der Waals surface area (Å²) in [5.74, 6) is 1.04. The Morgan fingerprint density at radius 1 is 1.16 bits per heavy atom.